The second-order valence-electron chi connectivity index (χ2n) is 3.89. The van der Waals surface area contributed by atoms with E-state index in [1.807, 2.05) is 27.6 Å². The Morgan fingerprint density at radius 1 is 1.40 bits per heavy atom. The lowest BCUT2D eigenvalue weighted by molar-refractivity contribution is -0.0979. The topological polar surface area (TPSA) is 70.4 Å². The number of carbonyl (C=O) groups excluding carboxylic acids is 1. The van der Waals surface area contributed by atoms with E-state index in [0.29, 0.717) is 6.04 Å². The minimum atomic E-state index is 0.683. The Morgan fingerprint density at radius 2 is 1.95 bits per heavy atom. The van der Waals surface area contributed by atoms with Gasteiger partial charge >= 0.3 is 0 Å². The Hall–Kier alpha value is -1.17. The summed E-state index contributed by atoms with van der Waals surface area (Å²) in [5.41, 5.74) is 4.61. The first-order valence-corrected chi connectivity index (χ1v) is 7.09. The molecule has 5 nitrogen and oxygen atoms in total. The van der Waals surface area contributed by atoms with Gasteiger partial charge in [-0.25, -0.2) is 0 Å². The summed E-state index contributed by atoms with van der Waals surface area (Å²) >= 11 is 0. The fourth-order valence-electron chi connectivity index (χ4n) is 1.59. The molecule has 1 rings (SSSR count). The lowest BCUT2D eigenvalue weighted by Gasteiger charge is -2.12. The number of rotatable bonds is 5. The Kier molecular flexibility index (Phi) is 27.4. The molecule has 0 aromatic carbocycles. The summed E-state index contributed by atoms with van der Waals surface area (Å²) in [4.78, 5) is 10.4. The summed E-state index contributed by atoms with van der Waals surface area (Å²) in [5, 5.41) is 6.80. The van der Waals surface area contributed by atoms with Crippen molar-refractivity contribution in [3.05, 3.63) is 24.9 Å². The Bertz CT molecular complexity index is 210. The van der Waals surface area contributed by atoms with Crippen LogP contribution in [0.1, 0.15) is 27.2 Å². The van der Waals surface area contributed by atoms with Gasteiger partial charge in [0.1, 0.15) is 6.79 Å². The first-order chi connectivity index (χ1) is 9.74. The van der Waals surface area contributed by atoms with E-state index in [4.69, 9.17) is 4.79 Å². The molecular formula is C15H34N4O. The Balaban J connectivity index is -0.000000355. The van der Waals surface area contributed by atoms with E-state index >= 15 is 0 Å². The third-order valence-electron chi connectivity index (χ3n) is 2.40. The van der Waals surface area contributed by atoms with Gasteiger partial charge in [-0.2, -0.15) is 0 Å². The lowest BCUT2D eigenvalue weighted by atomic mass is 10.3. The van der Waals surface area contributed by atoms with E-state index in [9.17, 15) is 0 Å². The van der Waals surface area contributed by atoms with Crippen molar-refractivity contribution in [2.45, 2.75) is 33.2 Å². The van der Waals surface area contributed by atoms with Crippen molar-refractivity contribution in [2.24, 2.45) is 5.73 Å². The molecule has 0 radical (unpaired) electrons. The molecule has 1 atom stereocenters. The number of allylic oxidation sites excluding steroid dienone is 1. The Labute approximate surface area is 125 Å². The quantitative estimate of drug-likeness (QED) is 0.404. The molecule has 0 aromatic heterocycles. The summed E-state index contributed by atoms with van der Waals surface area (Å²) in [5.74, 6) is 0. The van der Waals surface area contributed by atoms with Gasteiger partial charge in [-0.15, -0.1) is 0 Å². The van der Waals surface area contributed by atoms with Gasteiger partial charge in [-0.1, -0.05) is 32.6 Å². The van der Waals surface area contributed by atoms with E-state index in [-0.39, 0.29) is 0 Å². The minimum Gasteiger partial charge on any atom is -0.405 e. The van der Waals surface area contributed by atoms with Crippen LogP contribution in [0, 0.1) is 0 Å². The fourth-order valence-corrected chi connectivity index (χ4v) is 1.59. The van der Waals surface area contributed by atoms with Crippen molar-refractivity contribution in [1.29, 1.82) is 0 Å². The van der Waals surface area contributed by atoms with Gasteiger partial charge in [0.05, 0.1) is 0 Å². The predicted octanol–water partition coefficient (Wildman–Crippen LogP) is 1.33. The second-order valence-corrected chi connectivity index (χ2v) is 3.89. The van der Waals surface area contributed by atoms with Crippen LogP contribution in [0.2, 0.25) is 0 Å². The van der Waals surface area contributed by atoms with E-state index in [2.05, 4.69) is 47.0 Å². The third-order valence-corrected chi connectivity index (χ3v) is 2.40. The van der Waals surface area contributed by atoms with Gasteiger partial charge in [0.15, 0.2) is 0 Å². The van der Waals surface area contributed by atoms with Gasteiger partial charge in [0, 0.05) is 25.8 Å². The third kappa shape index (κ3) is 19.2. The number of likely N-dealkylation sites (N-methyl/N-ethyl adjacent to an activating group) is 1. The largest absolute Gasteiger partial charge is 0.405 e. The summed E-state index contributed by atoms with van der Waals surface area (Å²) in [7, 11) is 2.18. The van der Waals surface area contributed by atoms with Crippen molar-refractivity contribution in [3.63, 3.8) is 0 Å². The maximum Gasteiger partial charge on any atom is 0.106 e. The fraction of sp³-hybridized carbons (Fsp3) is 0.667. The second kappa shape index (κ2) is 23.0. The van der Waals surface area contributed by atoms with Gasteiger partial charge in [0.25, 0.3) is 0 Å². The van der Waals surface area contributed by atoms with Crippen molar-refractivity contribution >= 4 is 6.79 Å². The number of hydrogen-bond donors (Lipinski definition) is 3. The Morgan fingerprint density at radius 3 is 2.35 bits per heavy atom. The van der Waals surface area contributed by atoms with E-state index in [1.54, 1.807) is 0 Å². The smallest absolute Gasteiger partial charge is 0.106 e. The number of nitrogens with one attached hydrogen (secondary N) is 2. The molecule has 0 amide bonds. The zero-order valence-corrected chi connectivity index (χ0v) is 13.7. The molecule has 1 heterocycles. The van der Waals surface area contributed by atoms with Crippen LogP contribution in [0.5, 0.6) is 0 Å². The summed E-state index contributed by atoms with van der Waals surface area (Å²) in [6.45, 7) is 15.5. The van der Waals surface area contributed by atoms with Crippen LogP contribution in [0.3, 0.4) is 0 Å². The maximum absolute atomic E-state index is 8.00. The molecule has 0 aliphatic carbocycles. The van der Waals surface area contributed by atoms with Gasteiger partial charge in [-0.05, 0) is 33.1 Å². The van der Waals surface area contributed by atoms with Crippen LogP contribution in [0.25, 0.3) is 0 Å². The van der Waals surface area contributed by atoms with Crippen LogP contribution < -0.4 is 16.4 Å². The predicted molar refractivity (Wildman–Crippen MR) is 89.6 cm³/mol. The molecule has 0 unspecified atom stereocenters. The van der Waals surface area contributed by atoms with Crippen molar-refractivity contribution < 1.29 is 4.79 Å². The molecule has 120 valence electrons. The SMILES string of the molecule is C/C=C/CNCN[C@@H]1CCN(C)C1.C=CN.C=O.CC. The molecular weight excluding hydrogens is 252 g/mol. The van der Waals surface area contributed by atoms with Gasteiger partial charge < -0.3 is 26.1 Å². The standard InChI is InChI=1S/C10H21N3.C2H5N.C2H6.CH2O/c1-3-4-6-11-9-12-10-5-7-13(2)8-10;1-2-3;2*1-2/h3-4,10-12H,5-9H2,1-2H3;2H,1,3H2;1-2H3;1H2/b4-3+;;;/t10-;;;/m1.../s1. The van der Waals surface area contributed by atoms with Crippen LogP contribution in [0.15, 0.2) is 24.9 Å². The summed E-state index contributed by atoms with van der Waals surface area (Å²) in [6.07, 6.45) is 6.72. The molecule has 0 spiro atoms. The minimum absolute atomic E-state index is 0.683. The van der Waals surface area contributed by atoms with Crippen molar-refractivity contribution in [2.75, 3.05) is 33.4 Å². The van der Waals surface area contributed by atoms with Crippen molar-refractivity contribution in [3.8, 4) is 0 Å². The molecule has 0 bridgehead atoms. The lowest BCUT2D eigenvalue weighted by Crippen LogP contribution is -2.38. The monoisotopic (exact) mass is 286 g/mol. The summed E-state index contributed by atoms with van der Waals surface area (Å²) in [6, 6.07) is 0.683. The molecule has 1 aliphatic rings. The number of likely N-dealkylation sites (tertiary alicyclic amines) is 1. The maximum atomic E-state index is 8.00. The highest BCUT2D eigenvalue weighted by Crippen LogP contribution is 2.04. The number of hydrogen-bond acceptors (Lipinski definition) is 5. The zero-order chi connectivity index (χ0) is 16.2. The summed E-state index contributed by atoms with van der Waals surface area (Å²) < 4.78 is 0. The van der Waals surface area contributed by atoms with Crippen LogP contribution in [-0.4, -0.2) is 51.1 Å². The normalized spacial score (nSPS) is 17.1. The molecule has 1 aliphatic heterocycles. The molecule has 5 heteroatoms. The highest BCUT2D eigenvalue weighted by molar-refractivity contribution is 5.11. The average molecular weight is 286 g/mol. The number of nitrogens with two attached hydrogens (primary N) is 1. The van der Waals surface area contributed by atoms with Gasteiger partial charge in [-0.3, -0.25) is 0 Å². The highest BCUT2D eigenvalue weighted by atomic mass is 16.1. The number of nitrogens with zero attached hydrogens (tertiary/aromatic N) is 1. The molecule has 1 saturated heterocycles. The highest BCUT2D eigenvalue weighted by Gasteiger charge is 2.17. The van der Waals surface area contributed by atoms with Crippen LogP contribution in [-0.2, 0) is 4.79 Å². The van der Waals surface area contributed by atoms with E-state index in [1.165, 1.54) is 25.7 Å². The van der Waals surface area contributed by atoms with Crippen molar-refractivity contribution in [1.82, 2.24) is 15.5 Å². The van der Waals surface area contributed by atoms with Gasteiger partial charge in [0.2, 0.25) is 0 Å². The van der Waals surface area contributed by atoms with E-state index in [0.717, 1.165) is 13.2 Å². The first-order valence-electron chi connectivity index (χ1n) is 7.09. The number of carbonyl (C=O) groups is 1. The molecule has 1 fully saturated rings. The average Bonchev–Trinajstić information content (AvgIpc) is 2.90. The molecule has 20 heavy (non-hydrogen) atoms. The first kappa shape index (κ1) is 23.9. The zero-order valence-electron chi connectivity index (χ0n) is 13.7. The van der Waals surface area contributed by atoms with E-state index < -0.39 is 0 Å². The molecule has 0 aromatic rings. The van der Waals surface area contributed by atoms with Crippen LogP contribution in [0.4, 0.5) is 0 Å². The molecule has 0 saturated carbocycles. The molecule has 4 N–H and O–H groups in total. The van der Waals surface area contributed by atoms with Crippen LogP contribution >= 0.6 is 0 Å².